The van der Waals surface area contributed by atoms with Gasteiger partial charge in [0.05, 0.1) is 37.3 Å². The van der Waals surface area contributed by atoms with Gasteiger partial charge in [-0.3, -0.25) is 4.79 Å². The van der Waals surface area contributed by atoms with E-state index >= 15 is 0 Å². The lowest BCUT2D eigenvalue weighted by Crippen LogP contribution is -3.15. The number of hydrogen-bond acceptors (Lipinski definition) is 4. The van der Waals surface area contributed by atoms with Gasteiger partial charge in [0.2, 0.25) is 10.0 Å². The van der Waals surface area contributed by atoms with Crippen molar-refractivity contribution in [1.29, 1.82) is 0 Å². The fourth-order valence-corrected chi connectivity index (χ4v) is 4.73. The maximum atomic E-state index is 12.7. The summed E-state index contributed by atoms with van der Waals surface area (Å²) in [4.78, 5) is 13.4. The molecule has 7 nitrogen and oxygen atoms in total. The number of rotatable bonds is 6. The van der Waals surface area contributed by atoms with Crippen LogP contribution < -0.4 is 10.3 Å². The first kappa shape index (κ1) is 21.4. The van der Waals surface area contributed by atoms with Crippen molar-refractivity contribution in [2.45, 2.75) is 11.8 Å². The largest absolute Gasteiger partial charge is 0.325 e. The van der Waals surface area contributed by atoms with E-state index in [9.17, 15) is 13.2 Å². The molecule has 3 rings (SSSR count). The zero-order valence-electron chi connectivity index (χ0n) is 16.1. The zero-order valence-corrected chi connectivity index (χ0v) is 17.7. The summed E-state index contributed by atoms with van der Waals surface area (Å²) < 4.78 is 27.0. The molecule has 0 spiro atoms. The number of aryl methyl sites for hydroxylation is 1. The number of carbonyl (C=O) groups excluding carboxylic acids is 1. The number of nitrogens with zero attached hydrogens (tertiary/aromatic N) is 2. The Balaban J connectivity index is 1.48. The van der Waals surface area contributed by atoms with Gasteiger partial charge in [-0.1, -0.05) is 47.5 Å². The van der Waals surface area contributed by atoms with Crippen molar-refractivity contribution in [2.24, 2.45) is 5.10 Å². The first-order chi connectivity index (χ1) is 13.9. The quantitative estimate of drug-likeness (QED) is 0.517. The van der Waals surface area contributed by atoms with Gasteiger partial charge in [0, 0.05) is 10.6 Å². The summed E-state index contributed by atoms with van der Waals surface area (Å²) >= 11 is 6.04. The molecule has 0 saturated carbocycles. The lowest BCUT2D eigenvalue weighted by molar-refractivity contribution is -0.895. The highest BCUT2D eigenvalue weighted by atomic mass is 35.5. The number of nitrogens with one attached hydrogen (secondary N) is 2. The topological polar surface area (TPSA) is 83.3 Å². The van der Waals surface area contributed by atoms with E-state index in [4.69, 9.17) is 11.6 Å². The van der Waals surface area contributed by atoms with Crippen LogP contribution in [0.2, 0.25) is 5.02 Å². The third kappa shape index (κ3) is 5.63. The number of benzene rings is 2. The van der Waals surface area contributed by atoms with Crippen LogP contribution in [-0.4, -0.2) is 57.6 Å². The minimum absolute atomic E-state index is 0.224. The molecule has 0 atom stereocenters. The Morgan fingerprint density at radius 2 is 1.83 bits per heavy atom. The van der Waals surface area contributed by atoms with E-state index in [0.717, 1.165) is 16.0 Å². The van der Waals surface area contributed by atoms with Crippen LogP contribution in [0.5, 0.6) is 0 Å². The maximum absolute atomic E-state index is 12.7. The molecule has 0 aromatic heterocycles. The second-order valence-electron chi connectivity index (χ2n) is 6.96. The Bertz CT molecular complexity index is 985. The van der Waals surface area contributed by atoms with Gasteiger partial charge < -0.3 is 4.90 Å². The Morgan fingerprint density at radius 3 is 2.48 bits per heavy atom. The lowest BCUT2D eigenvalue weighted by atomic mass is 10.2. The SMILES string of the molecule is Cc1ccc(S(=O)(=O)N2CC[NH+](CC(=O)NN=Cc3ccccc3Cl)CC2)cc1. The Hall–Kier alpha value is -2.26. The Kier molecular flexibility index (Phi) is 7.02. The van der Waals surface area contributed by atoms with E-state index in [1.165, 1.54) is 10.5 Å². The van der Waals surface area contributed by atoms with Crippen LogP contribution in [0, 0.1) is 6.92 Å². The molecule has 0 unspecified atom stereocenters. The van der Waals surface area contributed by atoms with Gasteiger partial charge in [-0.15, -0.1) is 0 Å². The van der Waals surface area contributed by atoms with Gasteiger partial charge in [0.25, 0.3) is 5.91 Å². The molecule has 2 aromatic carbocycles. The van der Waals surface area contributed by atoms with Crippen LogP contribution in [0.25, 0.3) is 0 Å². The van der Waals surface area contributed by atoms with Crippen LogP contribution >= 0.6 is 11.6 Å². The highest BCUT2D eigenvalue weighted by Gasteiger charge is 2.31. The summed E-state index contributed by atoms with van der Waals surface area (Å²) in [6.45, 7) is 4.03. The third-order valence-corrected chi connectivity index (χ3v) is 7.05. The van der Waals surface area contributed by atoms with Gasteiger partial charge in [0.15, 0.2) is 6.54 Å². The molecule has 1 aliphatic rings. The molecule has 2 N–H and O–H groups in total. The minimum Gasteiger partial charge on any atom is -0.325 e. The molecule has 0 radical (unpaired) electrons. The summed E-state index contributed by atoms with van der Waals surface area (Å²) in [5, 5.41) is 4.50. The van der Waals surface area contributed by atoms with Gasteiger partial charge >= 0.3 is 0 Å². The molecule has 1 fully saturated rings. The summed E-state index contributed by atoms with van der Waals surface area (Å²) in [6.07, 6.45) is 1.50. The number of piperazine rings is 1. The first-order valence-corrected chi connectivity index (χ1v) is 11.1. The fourth-order valence-electron chi connectivity index (χ4n) is 3.10. The van der Waals surface area contributed by atoms with Crippen molar-refractivity contribution in [3.05, 3.63) is 64.7 Å². The molecular formula is C20H24ClN4O3S+. The van der Waals surface area contributed by atoms with Crippen molar-refractivity contribution in [1.82, 2.24) is 9.73 Å². The normalized spacial score (nSPS) is 16.2. The molecule has 0 bridgehead atoms. The van der Waals surface area contributed by atoms with Crippen molar-refractivity contribution >= 4 is 33.7 Å². The number of amides is 1. The van der Waals surface area contributed by atoms with Crippen LogP contribution in [-0.2, 0) is 14.8 Å². The third-order valence-electron chi connectivity index (χ3n) is 4.80. The van der Waals surface area contributed by atoms with Crippen LogP contribution in [0.1, 0.15) is 11.1 Å². The van der Waals surface area contributed by atoms with Crippen molar-refractivity contribution in [3.8, 4) is 0 Å². The van der Waals surface area contributed by atoms with Gasteiger partial charge in [0.1, 0.15) is 0 Å². The standard InChI is InChI=1S/C20H23ClN4O3S/c1-16-6-8-18(9-7-16)29(27,28)25-12-10-24(11-13-25)15-20(26)23-22-14-17-4-2-3-5-19(17)21/h2-9,14H,10-13,15H2,1H3,(H,23,26)/p+1. The van der Waals surface area contributed by atoms with Gasteiger partial charge in [-0.05, 0) is 25.1 Å². The highest BCUT2D eigenvalue weighted by molar-refractivity contribution is 7.89. The summed E-state index contributed by atoms with van der Waals surface area (Å²) in [5.74, 6) is -0.224. The molecule has 29 heavy (non-hydrogen) atoms. The Morgan fingerprint density at radius 1 is 1.17 bits per heavy atom. The predicted molar refractivity (Wildman–Crippen MR) is 113 cm³/mol. The minimum atomic E-state index is -3.50. The molecule has 9 heteroatoms. The summed E-state index contributed by atoms with van der Waals surface area (Å²) in [6, 6.07) is 14.1. The van der Waals surface area contributed by atoms with E-state index in [1.54, 1.807) is 36.4 Å². The van der Waals surface area contributed by atoms with Gasteiger partial charge in [-0.2, -0.15) is 9.41 Å². The average molecular weight is 436 g/mol. The second kappa shape index (κ2) is 9.49. The number of sulfonamides is 1. The van der Waals surface area contributed by atoms with Crippen LogP contribution in [0.15, 0.2) is 58.5 Å². The number of halogens is 1. The summed E-state index contributed by atoms with van der Waals surface area (Å²) in [7, 11) is -3.50. The van der Waals surface area contributed by atoms with Gasteiger partial charge in [-0.25, -0.2) is 13.8 Å². The molecule has 0 aliphatic carbocycles. The predicted octanol–water partition coefficient (Wildman–Crippen LogP) is 0.688. The van der Waals surface area contributed by atoms with E-state index in [0.29, 0.717) is 36.1 Å². The molecular weight excluding hydrogens is 412 g/mol. The van der Waals surface area contributed by atoms with Crippen LogP contribution in [0.4, 0.5) is 0 Å². The first-order valence-electron chi connectivity index (χ1n) is 9.33. The molecule has 154 valence electrons. The van der Waals surface area contributed by atoms with E-state index in [1.807, 2.05) is 19.1 Å². The monoisotopic (exact) mass is 435 g/mol. The number of hydrogen-bond donors (Lipinski definition) is 2. The van der Waals surface area contributed by atoms with E-state index in [-0.39, 0.29) is 12.5 Å². The fraction of sp³-hybridized carbons (Fsp3) is 0.300. The van der Waals surface area contributed by atoms with Crippen LogP contribution in [0.3, 0.4) is 0 Å². The van der Waals surface area contributed by atoms with Crippen molar-refractivity contribution in [3.63, 3.8) is 0 Å². The van der Waals surface area contributed by atoms with E-state index < -0.39 is 10.0 Å². The van der Waals surface area contributed by atoms with Crippen molar-refractivity contribution < 1.29 is 18.1 Å². The molecule has 1 heterocycles. The smallest absolute Gasteiger partial charge is 0.295 e. The second-order valence-corrected chi connectivity index (χ2v) is 9.30. The highest BCUT2D eigenvalue weighted by Crippen LogP contribution is 2.16. The lowest BCUT2D eigenvalue weighted by Gasteiger charge is -2.31. The summed E-state index contributed by atoms with van der Waals surface area (Å²) in [5.41, 5.74) is 4.23. The Labute approximate surface area is 176 Å². The van der Waals surface area contributed by atoms with E-state index in [2.05, 4.69) is 10.5 Å². The molecule has 2 aromatic rings. The van der Waals surface area contributed by atoms with Crippen molar-refractivity contribution in [2.75, 3.05) is 32.7 Å². The molecule has 1 saturated heterocycles. The molecule has 1 aliphatic heterocycles. The zero-order chi connectivity index (χ0) is 20.9. The number of carbonyl (C=O) groups is 1. The average Bonchev–Trinajstić information content (AvgIpc) is 2.70. The molecule has 1 amide bonds. The number of hydrazone groups is 1. The maximum Gasteiger partial charge on any atom is 0.295 e. The number of quaternary nitrogens is 1.